The summed E-state index contributed by atoms with van der Waals surface area (Å²) in [7, 11) is 0. The van der Waals surface area contributed by atoms with Crippen molar-refractivity contribution in [3.05, 3.63) is 60.0 Å². The topological polar surface area (TPSA) is 68.5 Å². The van der Waals surface area contributed by atoms with E-state index in [0.29, 0.717) is 18.7 Å². The van der Waals surface area contributed by atoms with E-state index in [1.54, 1.807) is 6.92 Å². The maximum atomic E-state index is 12.1. The van der Waals surface area contributed by atoms with Crippen molar-refractivity contribution >= 4 is 11.6 Å². The lowest BCUT2D eigenvalue weighted by atomic mass is 10.2. The fraction of sp³-hybridized carbons (Fsp3) is 0.278. The number of nitrogens with zero attached hydrogens (tertiary/aromatic N) is 3. The molecule has 1 atom stereocenters. The zero-order valence-corrected chi connectivity index (χ0v) is 13.8. The molecular weight excluding hydrogens is 304 g/mol. The van der Waals surface area contributed by atoms with Crippen molar-refractivity contribution in [1.82, 2.24) is 19.9 Å². The number of hydrogen-bond donors (Lipinski definition) is 1. The van der Waals surface area contributed by atoms with Crippen LogP contribution in [0.4, 0.5) is 0 Å². The molecule has 0 aliphatic carbocycles. The maximum Gasteiger partial charge on any atom is 0.260 e. The minimum Gasteiger partial charge on any atom is -0.481 e. The van der Waals surface area contributed by atoms with Crippen LogP contribution in [0.3, 0.4) is 0 Å². The Kier molecular flexibility index (Phi) is 4.74. The van der Waals surface area contributed by atoms with Crippen LogP contribution in [0.5, 0.6) is 5.75 Å². The SMILES string of the molecule is Cc1ccc(O[C@@H](C)C(=O)NCCc2nnc3ccccn23)cc1. The van der Waals surface area contributed by atoms with Crippen molar-refractivity contribution in [3.8, 4) is 5.75 Å². The minimum atomic E-state index is -0.553. The largest absolute Gasteiger partial charge is 0.481 e. The van der Waals surface area contributed by atoms with E-state index in [9.17, 15) is 4.79 Å². The number of aromatic nitrogens is 3. The van der Waals surface area contributed by atoms with Gasteiger partial charge in [0.05, 0.1) is 0 Å². The molecule has 0 saturated heterocycles. The summed E-state index contributed by atoms with van der Waals surface area (Å²) in [6, 6.07) is 13.4. The first-order chi connectivity index (χ1) is 11.6. The number of carbonyl (C=O) groups is 1. The van der Waals surface area contributed by atoms with Crippen molar-refractivity contribution in [2.45, 2.75) is 26.4 Å². The van der Waals surface area contributed by atoms with Gasteiger partial charge in [-0.2, -0.15) is 0 Å². The van der Waals surface area contributed by atoms with Crippen LogP contribution in [0.1, 0.15) is 18.3 Å². The third-order valence-electron chi connectivity index (χ3n) is 3.74. The van der Waals surface area contributed by atoms with Gasteiger partial charge in [0.1, 0.15) is 11.6 Å². The number of aryl methyl sites for hydroxylation is 1. The van der Waals surface area contributed by atoms with Crippen molar-refractivity contribution in [1.29, 1.82) is 0 Å². The molecule has 3 rings (SSSR count). The number of nitrogens with one attached hydrogen (secondary N) is 1. The molecule has 124 valence electrons. The molecule has 0 fully saturated rings. The van der Waals surface area contributed by atoms with Crippen molar-refractivity contribution in [2.75, 3.05) is 6.54 Å². The summed E-state index contributed by atoms with van der Waals surface area (Å²) in [6.07, 6.45) is 1.96. The lowest BCUT2D eigenvalue weighted by Gasteiger charge is -2.14. The van der Waals surface area contributed by atoms with Crippen LogP contribution in [-0.2, 0) is 11.2 Å². The lowest BCUT2D eigenvalue weighted by Crippen LogP contribution is -2.37. The summed E-state index contributed by atoms with van der Waals surface area (Å²) >= 11 is 0. The van der Waals surface area contributed by atoms with Crippen LogP contribution in [0.2, 0.25) is 0 Å². The predicted molar refractivity (Wildman–Crippen MR) is 91.0 cm³/mol. The standard InChI is InChI=1S/C18H20N4O2/c1-13-6-8-15(9-7-13)24-14(2)18(23)19-11-10-17-21-20-16-5-3-4-12-22(16)17/h3-9,12,14H,10-11H2,1-2H3,(H,19,23)/t14-/m0/s1. The first-order valence-electron chi connectivity index (χ1n) is 7.93. The highest BCUT2D eigenvalue weighted by Gasteiger charge is 2.14. The molecule has 0 aliphatic rings. The second-order valence-corrected chi connectivity index (χ2v) is 5.66. The molecule has 1 aromatic carbocycles. The van der Waals surface area contributed by atoms with E-state index in [-0.39, 0.29) is 5.91 Å². The highest BCUT2D eigenvalue weighted by Crippen LogP contribution is 2.13. The van der Waals surface area contributed by atoms with Gasteiger partial charge in [0, 0.05) is 19.2 Å². The molecule has 1 amide bonds. The average Bonchev–Trinajstić information content (AvgIpc) is 3.00. The van der Waals surface area contributed by atoms with Crippen LogP contribution in [0.25, 0.3) is 5.65 Å². The third-order valence-corrected chi connectivity index (χ3v) is 3.74. The first kappa shape index (κ1) is 16.0. The Morgan fingerprint density at radius 1 is 1.21 bits per heavy atom. The van der Waals surface area contributed by atoms with E-state index in [0.717, 1.165) is 17.0 Å². The Morgan fingerprint density at radius 3 is 2.79 bits per heavy atom. The van der Waals surface area contributed by atoms with E-state index in [4.69, 9.17) is 4.74 Å². The summed E-state index contributed by atoms with van der Waals surface area (Å²) in [6.45, 7) is 4.23. The summed E-state index contributed by atoms with van der Waals surface area (Å²) in [4.78, 5) is 12.1. The zero-order valence-electron chi connectivity index (χ0n) is 13.8. The number of rotatable bonds is 6. The van der Waals surface area contributed by atoms with Gasteiger partial charge in [-0.1, -0.05) is 23.8 Å². The lowest BCUT2D eigenvalue weighted by molar-refractivity contribution is -0.127. The van der Waals surface area contributed by atoms with Crippen molar-refractivity contribution < 1.29 is 9.53 Å². The van der Waals surface area contributed by atoms with E-state index in [1.807, 2.05) is 60.0 Å². The number of benzene rings is 1. The average molecular weight is 324 g/mol. The summed E-state index contributed by atoms with van der Waals surface area (Å²) in [5.41, 5.74) is 1.95. The third kappa shape index (κ3) is 3.71. The second kappa shape index (κ2) is 7.12. The molecule has 1 N–H and O–H groups in total. The molecule has 0 saturated carbocycles. The van der Waals surface area contributed by atoms with Crippen molar-refractivity contribution in [3.63, 3.8) is 0 Å². The van der Waals surface area contributed by atoms with E-state index in [1.165, 1.54) is 0 Å². The highest BCUT2D eigenvalue weighted by atomic mass is 16.5. The van der Waals surface area contributed by atoms with Crippen LogP contribution in [0.15, 0.2) is 48.7 Å². The predicted octanol–water partition coefficient (Wildman–Crippen LogP) is 2.16. The number of amides is 1. The molecule has 6 heteroatoms. The molecule has 0 bridgehead atoms. The van der Waals surface area contributed by atoms with Gasteiger partial charge in [-0.25, -0.2) is 0 Å². The first-order valence-corrected chi connectivity index (χ1v) is 7.93. The molecule has 0 spiro atoms. The van der Waals surface area contributed by atoms with E-state index < -0.39 is 6.10 Å². The van der Waals surface area contributed by atoms with Gasteiger partial charge >= 0.3 is 0 Å². The fourth-order valence-electron chi connectivity index (χ4n) is 2.38. The van der Waals surface area contributed by atoms with Gasteiger partial charge in [-0.3, -0.25) is 9.20 Å². The summed E-state index contributed by atoms with van der Waals surface area (Å²) in [5, 5.41) is 11.1. The Hall–Kier alpha value is -2.89. The molecule has 24 heavy (non-hydrogen) atoms. The Balaban J connectivity index is 1.50. The molecule has 0 radical (unpaired) electrons. The van der Waals surface area contributed by atoms with Crippen LogP contribution >= 0.6 is 0 Å². The van der Waals surface area contributed by atoms with E-state index in [2.05, 4.69) is 15.5 Å². The minimum absolute atomic E-state index is 0.149. The molecule has 6 nitrogen and oxygen atoms in total. The highest BCUT2D eigenvalue weighted by molar-refractivity contribution is 5.80. The molecule has 0 unspecified atom stereocenters. The Bertz CT molecular complexity index is 826. The fourth-order valence-corrected chi connectivity index (χ4v) is 2.38. The molecule has 3 aromatic rings. The zero-order chi connectivity index (χ0) is 16.9. The van der Waals surface area contributed by atoms with Crippen molar-refractivity contribution in [2.24, 2.45) is 0 Å². The molecule has 2 heterocycles. The van der Waals surface area contributed by atoms with Crippen LogP contribution in [-0.4, -0.2) is 33.2 Å². The number of ether oxygens (including phenoxy) is 1. The quantitative estimate of drug-likeness (QED) is 0.754. The summed E-state index contributed by atoms with van der Waals surface area (Å²) < 4.78 is 7.56. The normalized spacial score (nSPS) is 12.1. The molecule has 0 aliphatic heterocycles. The van der Waals surface area contributed by atoms with Crippen LogP contribution < -0.4 is 10.1 Å². The Labute approximate surface area is 140 Å². The maximum absolute atomic E-state index is 12.1. The van der Waals surface area contributed by atoms with Gasteiger partial charge in [0.15, 0.2) is 11.8 Å². The number of fused-ring (bicyclic) bond motifs is 1. The molecule has 2 aromatic heterocycles. The summed E-state index contributed by atoms with van der Waals surface area (Å²) in [5.74, 6) is 1.36. The number of hydrogen-bond acceptors (Lipinski definition) is 4. The second-order valence-electron chi connectivity index (χ2n) is 5.66. The van der Waals surface area contributed by atoms with Gasteiger partial charge in [0.25, 0.3) is 5.91 Å². The Morgan fingerprint density at radius 2 is 2.00 bits per heavy atom. The number of pyridine rings is 1. The van der Waals surface area contributed by atoms with Gasteiger partial charge < -0.3 is 10.1 Å². The van der Waals surface area contributed by atoms with Crippen LogP contribution in [0, 0.1) is 6.92 Å². The number of carbonyl (C=O) groups excluding carboxylic acids is 1. The molecular formula is C18H20N4O2. The monoisotopic (exact) mass is 324 g/mol. The smallest absolute Gasteiger partial charge is 0.260 e. The van der Waals surface area contributed by atoms with E-state index >= 15 is 0 Å². The van der Waals surface area contributed by atoms with Gasteiger partial charge in [-0.05, 0) is 38.1 Å². The van der Waals surface area contributed by atoms with Gasteiger partial charge in [-0.15, -0.1) is 10.2 Å². The van der Waals surface area contributed by atoms with Gasteiger partial charge in [0.2, 0.25) is 0 Å².